The van der Waals surface area contributed by atoms with Gasteiger partial charge in [0, 0.05) is 19.8 Å². The molecule has 1 amide bonds. The zero-order chi connectivity index (χ0) is 16.9. The Labute approximate surface area is 118 Å². The molecule has 0 aliphatic heterocycles. The Hall–Kier alpha value is -1.03. The van der Waals surface area contributed by atoms with Gasteiger partial charge in [-0.3, -0.25) is 4.79 Å². The molecule has 0 fully saturated rings. The van der Waals surface area contributed by atoms with Gasteiger partial charge in [-0.05, 0) is 20.3 Å². The van der Waals surface area contributed by atoms with Crippen molar-refractivity contribution in [2.45, 2.75) is 38.2 Å². The monoisotopic (exact) mass is 324 g/mol. The van der Waals surface area contributed by atoms with E-state index in [4.69, 9.17) is 10.5 Å². The smallest absolute Gasteiger partial charge is 0.382 e. The van der Waals surface area contributed by atoms with E-state index in [1.54, 1.807) is 6.92 Å². The van der Waals surface area contributed by atoms with Crippen molar-refractivity contribution < 1.29 is 35.9 Å². The van der Waals surface area contributed by atoms with Crippen molar-refractivity contribution in [3.8, 4) is 0 Å². The van der Waals surface area contributed by atoms with Gasteiger partial charge >= 0.3 is 12.4 Å². The van der Waals surface area contributed by atoms with Gasteiger partial charge in [0.1, 0.15) is 6.54 Å². The van der Waals surface area contributed by atoms with Crippen LogP contribution in [0.5, 0.6) is 0 Å². The highest BCUT2D eigenvalue weighted by Gasteiger charge is 2.56. The number of nitrogens with zero attached hydrogens (tertiary/aromatic N) is 1. The minimum atomic E-state index is -5.14. The summed E-state index contributed by atoms with van der Waals surface area (Å²) in [6, 6.07) is 0. The number of amides is 1. The summed E-state index contributed by atoms with van der Waals surface area (Å²) in [6.45, 7) is 0.0261. The molecule has 0 bridgehead atoms. The van der Waals surface area contributed by atoms with Crippen molar-refractivity contribution in [2.24, 2.45) is 5.73 Å². The number of alkyl halides is 6. The van der Waals surface area contributed by atoms with Crippen molar-refractivity contribution in [3.05, 3.63) is 0 Å². The second kappa shape index (κ2) is 7.30. The number of rotatable bonds is 7. The second-order valence-corrected chi connectivity index (χ2v) is 4.59. The maximum atomic E-state index is 12.6. The molecule has 2 N–H and O–H groups in total. The Morgan fingerprint density at radius 3 is 2.10 bits per heavy atom. The SMILES string of the molecule is CCOCCCN(CC(F)(F)F)C(=O)C(C)(N)C(F)(F)F. The molecule has 0 saturated heterocycles. The maximum Gasteiger partial charge on any atom is 0.415 e. The zero-order valence-corrected chi connectivity index (χ0v) is 11.6. The average molecular weight is 324 g/mol. The van der Waals surface area contributed by atoms with Crippen LogP contribution < -0.4 is 5.73 Å². The van der Waals surface area contributed by atoms with E-state index in [2.05, 4.69) is 0 Å². The first kappa shape index (κ1) is 20.0. The molecule has 0 spiro atoms. The van der Waals surface area contributed by atoms with Gasteiger partial charge in [0.25, 0.3) is 5.91 Å². The first-order valence-electron chi connectivity index (χ1n) is 6.12. The molecule has 0 heterocycles. The molecule has 126 valence electrons. The van der Waals surface area contributed by atoms with Crippen LogP contribution >= 0.6 is 0 Å². The number of halogens is 6. The Kier molecular flexibility index (Phi) is 6.94. The molecule has 0 aromatic heterocycles. The van der Waals surface area contributed by atoms with E-state index < -0.39 is 36.9 Å². The largest absolute Gasteiger partial charge is 0.415 e. The number of ether oxygens (including phenoxy) is 1. The van der Waals surface area contributed by atoms with Crippen molar-refractivity contribution in [1.29, 1.82) is 0 Å². The van der Waals surface area contributed by atoms with Gasteiger partial charge in [-0.15, -0.1) is 0 Å². The molecule has 0 aliphatic carbocycles. The van der Waals surface area contributed by atoms with Crippen LogP contribution in [0.1, 0.15) is 20.3 Å². The predicted octanol–water partition coefficient (Wildman–Crippen LogP) is 2.08. The van der Waals surface area contributed by atoms with Crippen LogP contribution in [-0.4, -0.2) is 55.0 Å². The van der Waals surface area contributed by atoms with E-state index >= 15 is 0 Å². The standard InChI is InChI=1S/C11H18F6N2O2/c1-3-21-6-4-5-19(7-10(12,13)14)8(20)9(2,18)11(15,16)17/h3-7,18H2,1-2H3. The van der Waals surface area contributed by atoms with Crippen LogP contribution in [0.3, 0.4) is 0 Å². The zero-order valence-electron chi connectivity index (χ0n) is 11.6. The molecule has 0 rings (SSSR count). The first-order chi connectivity index (χ1) is 9.33. The fraction of sp³-hybridized carbons (Fsp3) is 0.909. The summed E-state index contributed by atoms with van der Waals surface area (Å²) in [4.78, 5) is 11.8. The van der Waals surface area contributed by atoms with Crippen molar-refractivity contribution in [3.63, 3.8) is 0 Å². The molecule has 0 saturated carbocycles. The van der Waals surface area contributed by atoms with Gasteiger partial charge in [-0.1, -0.05) is 0 Å². The molecule has 1 atom stereocenters. The molecule has 4 nitrogen and oxygen atoms in total. The Balaban J connectivity index is 4.98. The summed E-state index contributed by atoms with van der Waals surface area (Å²) in [6.07, 6.45) is -9.99. The van der Waals surface area contributed by atoms with Crippen LogP contribution in [0, 0.1) is 0 Å². The normalized spacial score (nSPS) is 15.7. The molecule has 0 aromatic rings. The number of carbonyl (C=O) groups excluding carboxylic acids is 1. The lowest BCUT2D eigenvalue weighted by molar-refractivity contribution is -0.201. The summed E-state index contributed by atoms with van der Waals surface area (Å²) in [5.41, 5.74) is 1.50. The molecule has 0 radical (unpaired) electrons. The van der Waals surface area contributed by atoms with E-state index in [1.807, 2.05) is 0 Å². The third-order valence-corrected chi connectivity index (χ3v) is 2.61. The Morgan fingerprint density at radius 2 is 1.71 bits per heavy atom. The second-order valence-electron chi connectivity index (χ2n) is 4.59. The average Bonchev–Trinajstić information content (AvgIpc) is 2.29. The highest BCUT2D eigenvalue weighted by molar-refractivity contribution is 5.86. The fourth-order valence-electron chi connectivity index (χ4n) is 1.42. The van der Waals surface area contributed by atoms with E-state index in [9.17, 15) is 31.1 Å². The molecule has 1 unspecified atom stereocenters. The third-order valence-electron chi connectivity index (χ3n) is 2.61. The van der Waals surface area contributed by atoms with E-state index in [-0.39, 0.29) is 17.9 Å². The van der Waals surface area contributed by atoms with Crippen LogP contribution in [0.25, 0.3) is 0 Å². The van der Waals surface area contributed by atoms with E-state index in [0.29, 0.717) is 13.5 Å². The van der Waals surface area contributed by atoms with E-state index in [1.165, 1.54) is 0 Å². The van der Waals surface area contributed by atoms with Crippen molar-refractivity contribution in [1.82, 2.24) is 4.90 Å². The number of hydrogen-bond acceptors (Lipinski definition) is 3. The highest BCUT2D eigenvalue weighted by atomic mass is 19.4. The van der Waals surface area contributed by atoms with Gasteiger partial charge in [0.15, 0.2) is 5.54 Å². The van der Waals surface area contributed by atoms with Crippen molar-refractivity contribution >= 4 is 5.91 Å². The van der Waals surface area contributed by atoms with Gasteiger partial charge in [-0.2, -0.15) is 26.3 Å². The third kappa shape index (κ3) is 6.51. The lowest BCUT2D eigenvalue weighted by Crippen LogP contribution is -2.63. The number of hydrogen-bond donors (Lipinski definition) is 1. The quantitative estimate of drug-likeness (QED) is 0.576. The Bertz CT molecular complexity index is 341. The van der Waals surface area contributed by atoms with Crippen molar-refractivity contribution in [2.75, 3.05) is 26.3 Å². The van der Waals surface area contributed by atoms with Gasteiger partial charge in [-0.25, -0.2) is 0 Å². The van der Waals surface area contributed by atoms with Crippen LogP contribution in [-0.2, 0) is 9.53 Å². The highest BCUT2D eigenvalue weighted by Crippen LogP contribution is 2.30. The van der Waals surface area contributed by atoms with Gasteiger partial charge in [0.2, 0.25) is 0 Å². The summed E-state index contributed by atoms with van der Waals surface area (Å²) >= 11 is 0. The molecule has 10 heteroatoms. The minimum Gasteiger partial charge on any atom is -0.382 e. The summed E-state index contributed by atoms with van der Waals surface area (Å²) in [5.74, 6) is -1.82. The summed E-state index contributed by atoms with van der Waals surface area (Å²) in [5, 5.41) is 0. The molecule has 21 heavy (non-hydrogen) atoms. The maximum absolute atomic E-state index is 12.6. The first-order valence-corrected chi connectivity index (χ1v) is 6.12. The Morgan fingerprint density at radius 1 is 1.19 bits per heavy atom. The molecule has 0 aromatic carbocycles. The molecular formula is C11H18F6N2O2. The summed E-state index contributed by atoms with van der Waals surface area (Å²) in [7, 11) is 0. The molecular weight excluding hydrogens is 306 g/mol. The minimum absolute atomic E-state index is 0.0242. The van der Waals surface area contributed by atoms with Gasteiger partial charge in [0.05, 0.1) is 0 Å². The topological polar surface area (TPSA) is 55.6 Å². The lowest BCUT2D eigenvalue weighted by Gasteiger charge is -2.33. The molecule has 0 aliphatic rings. The van der Waals surface area contributed by atoms with Crippen LogP contribution in [0.4, 0.5) is 26.3 Å². The fourth-order valence-corrected chi connectivity index (χ4v) is 1.42. The summed E-state index contributed by atoms with van der Waals surface area (Å²) < 4.78 is 79.9. The van der Waals surface area contributed by atoms with Gasteiger partial charge < -0.3 is 15.4 Å². The lowest BCUT2D eigenvalue weighted by atomic mass is 10.0. The predicted molar refractivity (Wildman–Crippen MR) is 62.4 cm³/mol. The van der Waals surface area contributed by atoms with E-state index in [0.717, 1.165) is 0 Å². The number of nitrogens with two attached hydrogens (primary N) is 1. The number of carbonyl (C=O) groups is 1. The van der Waals surface area contributed by atoms with Crippen LogP contribution in [0.2, 0.25) is 0 Å². The van der Waals surface area contributed by atoms with Crippen LogP contribution in [0.15, 0.2) is 0 Å².